The number of nitrogen functional groups attached to an aromatic ring is 1. The number of hydrogen-bond donors (Lipinski definition) is 2. The number of sulfonamides is 1. The molecule has 2 aromatic rings. The van der Waals surface area contributed by atoms with Crippen molar-refractivity contribution < 1.29 is 12.8 Å². The molecule has 0 aliphatic carbocycles. The molecule has 0 aliphatic heterocycles. The van der Waals surface area contributed by atoms with Gasteiger partial charge in [0.15, 0.2) is 10.7 Å². The highest BCUT2D eigenvalue weighted by Gasteiger charge is 2.25. The van der Waals surface area contributed by atoms with Gasteiger partial charge < -0.3 is 5.73 Å². The SMILES string of the molecule is Cc1c(S(=O)(=O)Nc2cc(Br)ccc2F)c(N)nn1C. The van der Waals surface area contributed by atoms with Crippen molar-refractivity contribution in [2.45, 2.75) is 11.8 Å². The van der Waals surface area contributed by atoms with E-state index < -0.39 is 15.8 Å². The van der Waals surface area contributed by atoms with E-state index in [0.29, 0.717) is 10.2 Å². The van der Waals surface area contributed by atoms with Crippen molar-refractivity contribution in [2.75, 3.05) is 10.5 Å². The molecule has 1 aromatic heterocycles. The standard InChI is InChI=1S/C11H12BrFN4O2S/c1-6-10(11(14)15-17(6)2)20(18,19)16-9-5-7(12)3-4-8(9)13/h3-5,16H,1-2H3,(H2,14,15). The van der Waals surface area contributed by atoms with Gasteiger partial charge in [-0.05, 0) is 25.1 Å². The molecule has 0 spiro atoms. The van der Waals surface area contributed by atoms with E-state index >= 15 is 0 Å². The zero-order valence-corrected chi connectivity index (χ0v) is 13.1. The summed E-state index contributed by atoms with van der Waals surface area (Å²) in [6.07, 6.45) is 0. The molecule has 0 saturated carbocycles. The van der Waals surface area contributed by atoms with E-state index in [1.807, 2.05) is 0 Å². The molecular weight excluding hydrogens is 351 g/mol. The van der Waals surface area contributed by atoms with Crippen LogP contribution in [-0.4, -0.2) is 18.2 Å². The van der Waals surface area contributed by atoms with Gasteiger partial charge in [0.2, 0.25) is 0 Å². The molecule has 6 nitrogen and oxygen atoms in total. The number of hydrogen-bond acceptors (Lipinski definition) is 4. The molecule has 1 aromatic carbocycles. The van der Waals surface area contributed by atoms with Gasteiger partial charge in [-0.15, -0.1) is 0 Å². The summed E-state index contributed by atoms with van der Waals surface area (Å²) in [5.74, 6) is -0.815. The first-order valence-electron chi connectivity index (χ1n) is 5.49. The number of benzene rings is 1. The largest absolute Gasteiger partial charge is 0.381 e. The quantitative estimate of drug-likeness (QED) is 0.873. The first-order chi connectivity index (χ1) is 9.22. The molecule has 0 radical (unpaired) electrons. The first kappa shape index (κ1) is 14.8. The molecule has 108 valence electrons. The van der Waals surface area contributed by atoms with E-state index in [9.17, 15) is 12.8 Å². The summed E-state index contributed by atoms with van der Waals surface area (Å²) in [6.45, 7) is 1.56. The molecular formula is C11H12BrFN4O2S. The van der Waals surface area contributed by atoms with E-state index in [-0.39, 0.29) is 16.4 Å². The summed E-state index contributed by atoms with van der Waals surface area (Å²) in [5.41, 5.74) is 5.80. The molecule has 0 saturated heterocycles. The van der Waals surface area contributed by atoms with E-state index in [4.69, 9.17) is 5.73 Å². The van der Waals surface area contributed by atoms with Gasteiger partial charge in [-0.25, -0.2) is 12.8 Å². The Morgan fingerprint density at radius 2 is 2.10 bits per heavy atom. The number of nitrogens with one attached hydrogen (secondary N) is 1. The van der Waals surface area contributed by atoms with Crippen molar-refractivity contribution in [3.8, 4) is 0 Å². The summed E-state index contributed by atoms with van der Waals surface area (Å²) in [5, 5.41) is 3.83. The van der Waals surface area contributed by atoms with Gasteiger partial charge in [-0.3, -0.25) is 9.40 Å². The van der Waals surface area contributed by atoms with E-state index in [0.717, 1.165) is 6.07 Å². The minimum absolute atomic E-state index is 0.132. The Bertz CT molecular complexity index is 773. The summed E-state index contributed by atoms with van der Waals surface area (Å²) in [7, 11) is -2.44. The topological polar surface area (TPSA) is 90.0 Å². The maximum Gasteiger partial charge on any atom is 0.267 e. The van der Waals surface area contributed by atoms with Gasteiger partial charge >= 0.3 is 0 Å². The number of halogens is 2. The van der Waals surface area contributed by atoms with Crippen molar-refractivity contribution in [1.82, 2.24) is 9.78 Å². The van der Waals surface area contributed by atoms with Gasteiger partial charge in [0.1, 0.15) is 5.82 Å². The lowest BCUT2D eigenvalue weighted by atomic mass is 10.3. The Morgan fingerprint density at radius 1 is 1.45 bits per heavy atom. The number of nitrogens with zero attached hydrogens (tertiary/aromatic N) is 2. The average molecular weight is 363 g/mol. The normalized spacial score (nSPS) is 11.6. The fraction of sp³-hybridized carbons (Fsp3) is 0.182. The Kier molecular flexibility index (Phi) is 3.74. The van der Waals surface area contributed by atoms with Gasteiger partial charge in [-0.2, -0.15) is 5.10 Å². The van der Waals surface area contributed by atoms with Crippen LogP contribution in [0.1, 0.15) is 5.69 Å². The van der Waals surface area contributed by atoms with Crippen LogP contribution in [0.3, 0.4) is 0 Å². The van der Waals surface area contributed by atoms with Crippen molar-refractivity contribution in [2.24, 2.45) is 7.05 Å². The van der Waals surface area contributed by atoms with E-state index in [1.165, 1.54) is 16.8 Å². The Morgan fingerprint density at radius 3 is 2.65 bits per heavy atom. The second kappa shape index (κ2) is 5.06. The third kappa shape index (κ3) is 2.63. The van der Waals surface area contributed by atoms with Crippen LogP contribution in [0.25, 0.3) is 0 Å². The predicted octanol–water partition coefficient (Wildman–Crippen LogP) is 2.01. The molecule has 20 heavy (non-hydrogen) atoms. The molecule has 0 unspecified atom stereocenters. The molecule has 0 atom stereocenters. The predicted molar refractivity (Wildman–Crippen MR) is 77.3 cm³/mol. The molecule has 2 rings (SSSR count). The van der Waals surface area contributed by atoms with Crippen LogP contribution >= 0.6 is 15.9 Å². The molecule has 0 fully saturated rings. The van der Waals surface area contributed by atoms with E-state index in [1.54, 1.807) is 14.0 Å². The van der Waals surface area contributed by atoms with Crippen LogP contribution in [0.5, 0.6) is 0 Å². The minimum Gasteiger partial charge on any atom is -0.381 e. The van der Waals surface area contributed by atoms with E-state index in [2.05, 4.69) is 25.8 Å². The second-order valence-electron chi connectivity index (χ2n) is 4.15. The fourth-order valence-corrected chi connectivity index (χ4v) is 3.46. The van der Waals surface area contributed by atoms with Crippen molar-refractivity contribution in [3.63, 3.8) is 0 Å². The third-order valence-electron chi connectivity index (χ3n) is 2.75. The molecule has 3 N–H and O–H groups in total. The number of aromatic nitrogens is 2. The maximum atomic E-state index is 13.6. The summed E-state index contributed by atoms with van der Waals surface area (Å²) in [6, 6.07) is 3.95. The summed E-state index contributed by atoms with van der Waals surface area (Å²) >= 11 is 3.15. The monoisotopic (exact) mass is 362 g/mol. The Labute approximate surface area is 124 Å². The average Bonchev–Trinajstić information content (AvgIpc) is 2.58. The van der Waals surface area contributed by atoms with Crippen LogP contribution in [-0.2, 0) is 17.1 Å². The van der Waals surface area contributed by atoms with Crippen LogP contribution in [0.4, 0.5) is 15.9 Å². The van der Waals surface area contributed by atoms with Crippen LogP contribution in [0.15, 0.2) is 27.6 Å². The number of nitrogens with two attached hydrogens (primary N) is 1. The number of rotatable bonds is 3. The fourth-order valence-electron chi connectivity index (χ4n) is 1.72. The molecule has 0 bridgehead atoms. The highest BCUT2D eigenvalue weighted by Crippen LogP contribution is 2.26. The third-order valence-corrected chi connectivity index (χ3v) is 4.77. The van der Waals surface area contributed by atoms with Gasteiger partial charge in [0.05, 0.1) is 11.4 Å². The second-order valence-corrected chi connectivity index (χ2v) is 6.69. The summed E-state index contributed by atoms with van der Waals surface area (Å²) in [4.78, 5) is -0.153. The van der Waals surface area contributed by atoms with Gasteiger partial charge in [-0.1, -0.05) is 15.9 Å². The smallest absolute Gasteiger partial charge is 0.267 e. The van der Waals surface area contributed by atoms with Crippen LogP contribution in [0, 0.1) is 12.7 Å². The summed E-state index contributed by atoms with van der Waals surface area (Å²) < 4.78 is 42.3. The van der Waals surface area contributed by atoms with Gasteiger partial charge in [0.25, 0.3) is 10.0 Å². The highest BCUT2D eigenvalue weighted by molar-refractivity contribution is 9.10. The number of anilines is 2. The lowest BCUT2D eigenvalue weighted by Gasteiger charge is -2.09. The van der Waals surface area contributed by atoms with Crippen molar-refractivity contribution in [1.29, 1.82) is 0 Å². The first-order valence-corrected chi connectivity index (χ1v) is 7.77. The zero-order valence-electron chi connectivity index (χ0n) is 10.7. The van der Waals surface area contributed by atoms with Gasteiger partial charge in [0, 0.05) is 11.5 Å². The maximum absolute atomic E-state index is 13.6. The zero-order chi connectivity index (χ0) is 15.1. The molecule has 9 heteroatoms. The van der Waals surface area contributed by atoms with Crippen LogP contribution < -0.4 is 10.5 Å². The van der Waals surface area contributed by atoms with Crippen molar-refractivity contribution in [3.05, 3.63) is 34.2 Å². The lowest BCUT2D eigenvalue weighted by molar-refractivity contribution is 0.597. The van der Waals surface area contributed by atoms with Crippen molar-refractivity contribution >= 4 is 37.5 Å². The molecule has 0 aliphatic rings. The molecule has 1 heterocycles. The Balaban J connectivity index is 2.49. The molecule has 0 amide bonds. The highest BCUT2D eigenvalue weighted by atomic mass is 79.9. The minimum atomic E-state index is -4.01. The lowest BCUT2D eigenvalue weighted by Crippen LogP contribution is -2.16. The van der Waals surface area contributed by atoms with Crippen LogP contribution in [0.2, 0.25) is 0 Å². The Hall–Kier alpha value is -1.61. The number of aryl methyl sites for hydroxylation is 1.